The van der Waals surface area contributed by atoms with Gasteiger partial charge in [-0.05, 0) is 48.1 Å². The van der Waals surface area contributed by atoms with E-state index in [2.05, 4.69) is 5.32 Å². The van der Waals surface area contributed by atoms with Crippen LogP contribution < -0.4 is 14.8 Å². The number of amides is 1. The first-order valence-corrected chi connectivity index (χ1v) is 9.97. The average molecular weight is 387 g/mol. The number of hydrogen-bond donors (Lipinski definition) is 1. The summed E-state index contributed by atoms with van der Waals surface area (Å²) in [5.41, 5.74) is 3.47. The minimum absolute atomic E-state index is 0.100. The van der Waals surface area contributed by atoms with Crippen LogP contribution in [0.25, 0.3) is 11.1 Å². The monoisotopic (exact) mass is 387 g/mol. The quantitative estimate of drug-likeness (QED) is 0.586. The number of carbonyl (C=O) groups excluding carboxylic acids is 1. The number of benzene rings is 3. The first-order valence-electron chi connectivity index (χ1n) is 9.97. The third-order valence-corrected chi connectivity index (χ3v) is 5.13. The Morgan fingerprint density at radius 3 is 2.48 bits per heavy atom. The molecule has 0 atom stereocenters. The minimum atomic E-state index is -0.100. The standard InChI is InChI=1S/C25H25NO3/c1-28-23-10-6-5-9-21(23)20-13-14-24(29-17-19-7-3-2-4-8-19)22(15-20)25(27)26-16-18-11-12-18/h2-10,13-15,18H,11-12,16-17H2,1H3,(H,26,27). The van der Waals surface area contributed by atoms with E-state index in [-0.39, 0.29) is 5.91 Å². The van der Waals surface area contributed by atoms with Gasteiger partial charge in [-0.1, -0.05) is 54.6 Å². The summed E-state index contributed by atoms with van der Waals surface area (Å²) < 4.78 is 11.5. The van der Waals surface area contributed by atoms with Crippen molar-refractivity contribution in [2.75, 3.05) is 13.7 Å². The second kappa shape index (κ2) is 8.82. The molecule has 29 heavy (non-hydrogen) atoms. The Balaban J connectivity index is 1.63. The lowest BCUT2D eigenvalue weighted by Crippen LogP contribution is -2.26. The third kappa shape index (κ3) is 4.77. The molecule has 0 saturated heterocycles. The van der Waals surface area contributed by atoms with Gasteiger partial charge in [-0.3, -0.25) is 4.79 Å². The van der Waals surface area contributed by atoms with Crippen molar-refractivity contribution in [3.63, 3.8) is 0 Å². The van der Waals surface area contributed by atoms with Crippen molar-refractivity contribution in [3.05, 3.63) is 83.9 Å². The van der Waals surface area contributed by atoms with E-state index in [0.29, 0.717) is 23.8 Å². The molecule has 1 fully saturated rings. The summed E-state index contributed by atoms with van der Waals surface area (Å²) in [6.45, 7) is 1.13. The molecule has 0 unspecified atom stereocenters. The van der Waals surface area contributed by atoms with Crippen LogP contribution in [0.15, 0.2) is 72.8 Å². The predicted octanol–water partition coefficient (Wildman–Crippen LogP) is 5.08. The largest absolute Gasteiger partial charge is 0.496 e. The normalized spacial score (nSPS) is 13.0. The fraction of sp³-hybridized carbons (Fsp3) is 0.240. The van der Waals surface area contributed by atoms with E-state index < -0.39 is 0 Å². The van der Waals surface area contributed by atoms with Gasteiger partial charge in [-0.2, -0.15) is 0 Å². The molecule has 4 heteroatoms. The zero-order valence-electron chi connectivity index (χ0n) is 16.6. The van der Waals surface area contributed by atoms with E-state index in [4.69, 9.17) is 9.47 Å². The maximum atomic E-state index is 12.9. The summed E-state index contributed by atoms with van der Waals surface area (Å²) >= 11 is 0. The van der Waals surface area contributed by atoms with Crippen molar-refractivity contribution in [3.8, 4) is 22.6 Å². The Labute approximate surface area is 171 Å². The molecule has 4 nitrogen and oxygen atoms in total. The lowest BCUT2D eigenvalue weighted by molar-refractivity contribution is 0.0947. The molecule has 0 heterocycles. The highest BCUT2D eigenvalue weighted by molar-refractivity contribution is 5.98. The first kappa shape index (κ1) is 19.1. The van der Waals surface area contributed by atoms with E-state index in [1.165, 1.54) is 12.8 Å². The second-order valence-electron chi connectivity index (χ2n) is 7.34. The topological polar surface area (TPSA) is 47.6 Å². The Morgan fingerprint density at radius 1 is 0.966 bits per heavy atom. The number of hydrogen-bond acceptors (Lipinski definition) is 3. The molecular weight excluding hydrogens is 362 g/mol. The van der Waals surface area contributed by atoms with Crippen LogP contribution in [0.3, 0.4) is 0 Å². The van der Waals surface area contributed by atoms with Gasteiger partial charge in [0.2, 0.25) is 0 Å². The zero-order chi connectivity index (χ0) is 20.1. The number of rotatable bonds is 8. The van der Waals surface area contributed by atoms with Crippen molar-refractivity contribution in [1.29, 1.82) is 0 Å². The number of ether oxygens (including phenoxy) is 2. The van der Waals surface area contributed by atoms with Gasteiger partial charge in [0.1, 0.15) is 18.1 Å². The zero-order valence-corrected chi connectivity index (χ0v) is 16.6. The summed E-state index contributed by atoms with van der Waals surface area (Å²) in [6, 6.07) is 23.5. The minimum Gasteiger partial charge on any atom is -0.496 e. The second-order valence-corrected chi connectivity index (χ2v) is 7.34. The predicted molar refractivity (Wildman–Crippen MR) is 114 cm³/mol. The molecule has 148 valence electrons. The van der Waals surface area contributed by atoms with Crippen LogP contribution in [0.5, 0.6) is 11.5 Å². The summed E-state index contributed by atoms with van der Waals surface area (Å²) in [6.07, 6.45) is 2.39. The lowest BCUT2D eigenvalue weighted by Gasteiger charge is -2.15. The molecule has 0 radical (unpaired) electrons. The van der Waals surface area contributed by atoms with E-state index >= 15 is 0 Å². The van der Waals surface area contributed by atoms with Gasteiger partial charge in [0.25, 0.3) is 5.91 Å². The fourth-order valence-corrected chi connectivity index (χ4v) is 3.27. The number of nitrogens with one attached hydrogen (secondary N) is 1. The molecule has 1 saturated carbocycles. The Morgan fingerprint density at radius 2 is 1.72 bits per heavy atom. The van der Waals surface area contributed by atoms with Crippen LogP contribution in [0.4, 0.5) is 0 Å². The summed E-state index contributed by atoms with van der Waals surface area (Å²) in [5.74, 6) is 1.87. The molecule has 0 spiro atoms. The summed E-state index contributed by atoms with van der Waals surface area (Å²) in [5, 5.41) is 3.06. The Bertz CT molecular complexity index is 980. The molecule has 1 N–H and O–H groups in total. The van der Waals surface area contributed by atoms with Crippen LogP contribution in [-0.2, 0) is 6.61 Å². The van der Waals surface area contributed by atoms with Crippen molar-refractivity contribution in [2.45, 2.75) is 19.4 Å². The highest BCUT2D eigenvalue weighted by Crippen LogP contribution is 2.33. The molecule has 1 amide bonds. The van der Waals surface area contributed by atoms with E-state index in [1.807, 2.05) is 72.8 Å². The number of carbonyl (C=O) groups is 1. The Kier molecular flexibility index (Phi) is 5.80. The van der Waals surface area contributed by atoms with Gasteiger partial charge in [0.15, 0.2) is 0 Å². The van der Waals surface area contributed by atoms with Gasteiger partial charge in [-0.25, -0.2) is 0 Å². The average Bonchev–Trinajstić information content (AvgIpc) is 3.61. The van der Waals surface area contributed by atoms with Crippen LogP contribution in [0.2, 0.25) is 0 Å². The van der Waals surface area contributed by atoms with Gasteiger partial charge in [0, 0.05) is 12.1 Å². The molecule has 3 aromatic carbocycles. The summed E-state index contributed by atoms with van der Waals surface area (Å²) in [7, 11) is 1.65. The Hall–Kier alpha value is -3.27. The fourth-order valence-electron chi connectivity index (χ4n) is 3.27. The van der Waals surface area contributed by atoms with Crippen LogP contribution in [0.1, 0.15) is 28.8 Å². The summed E-state index contributed by atoms with van der Waals surface area (Å²) in [4.78, 5) is 12.9. The van der Waals surface area contributed by atoms with Crippen molar-refractivity contribution >= 4 is 5.91 Å². The van der Waals surface area contributed by atoms with Crippen molar-refractivity contribution < 1.29 is 14.3 Å². The highest BCUT2D eigenvalue weighted by atomic mass is 16.5. The molecule has 0 aromatic heterocycles. The first-order chi connectivity index (χ1) is 14.2. The third-order valence-electron chi connectivity index (χ3n) is 5.13. The van der Waals surface area contributed by atoms with E-state index in [0.717, 1.165) is 29.0 Å². The van der Waals surface area contributed by atoms with Crippen molar-refractivity contribution in [2.24, 2.45) is 5.92 Å². The van der Waals surface area contributed by atoms with Gasteiger partial charge in [-0.15, -0.1) is 0 Å². The number of methoxy groups -OCH3 is 1. The molecule has 3 aromatic rings. The lowest BCUT2D eigenvalue weighted by atomic mass is 10.0. The van der Waals surface area contributed by atoms with Crippen LogP contribution >= 0.6 is 0 Å². The van der Waals surface area contributed by atoms with Gasteiger partial charge >= 0.3 is 0 Å². The van der Waals surface area contributed by atoms with Gasteiger partial charge < -0.3 is 14.8 Å². The van der Waals surface area contributed by atoms with Crippen molar-refractivity contribution in [1.82, 2.24) is 5.32 Å². The maximum Gasteiger partial charge on any atom is 0.255 e. The van der Waals surface area contributed by atoms with Crippen LogP contribution in [-0.4, -0.2) is 19.6 Å². The smallest absolute Gasteiger partial charge is 0.255 e. The molecule has 1 aliphatic rings. The molecule has 1 aliphatic carbocycles. The van der Waals surface area contributed by atoms with Gasteiger partial charge in [0.05, 0.1) is 12.7 Å². The molecular formula is C25H25NO3. The van der Waals surface area contributed by atoms with E-state index in [9.17, 15) is 4.79 Å². The maximum absolute atomic E-state index is 12.9. The van der Waals surface area contributed by atoms with E-state index in [1.54, 1.807) is 7.11 Å². The molecule has 0 bridgehead atoms. The number of para-hydroxylation sites is 1. The van der Waals surface area contributed by atoms with Crippen LogP contribution in [0, 0.1) is 5.92 Å². The SMILES string of the molecule is COc1ccccc1-c1ccc(OCc2ccccc2)c(C(=O)NCC2CC2)c1. The molecule has 0 aliphatic heterocycles. The highest BCUT2D eigenvalue weighted by Gasteiger charge is 2.23. The molecule has 4 rings (SSSR count).